The minimum absolute atomic E-state index is 0.0413. The van der Waals surface area contributed by atoms with Crippen LogP contribution in [0.5, 0.6) is 0 Å². The van der Waals surface area contributed by atoms with E-state index in [1.165, 1.54) is 19.1 Å². The van der Waals surface area contributed by atoms with Gasteiger partial charge in [0.15, 0.2) is 0 Å². The summed E-state index contributed by atoms with van der Waals surface area (Å²) in [6.45, 7) is 1.34. The number of amides is 2. The lowest BCUT2D eigenvalue weighted by Crippen LogP contribution is -2.15. The van der Waals surface area contributed by atoms with Gasteiger partial charge < -0.3 is 15.7 Å². The molecule has 0 aromatic heterocycles. The summed E-state index contributed by atoms with van der Waals surface area (Å²) in [6.07, 6.45) is 2.54. The summed E-state index contributed by atoms with van der Waals surface area (Å²) in [5, 5.41) is 14.3. The molecule has 6 nitrogen and oxygen atoms in total. The Balaban J connectivity index is 2.15. The maximum absolute atomic E-state index is 11.7. The van der Waals surface area contributed by atoms with Gasteiger partial charge in [-0.3, -0.25) is 9.59 Å². The normalized spacial score (nSPS) is 13.7. The highest BCUT2D eigenvalue weighted by Gasteiger charge is 2.25. The van der Waals surface area contributed by atoms with E-state index in [-0.39, 0.29) is 23.1 Å². The van der Waals surface area contributed by atoms with Crippen molar-refractivity contribution >= 4 is 29.2 Å². The molecule has 0 unspecified atom stereocenters. The van der Waals surface area contributed by atoms with Crippen LogP contribution in [0.2, 0.25) is 0 Å². The van der Waals surface area contributed by atoms with Gasteiger partial charge in [0.1, 0.15) is 0 Å². The Morgan fingerprint density at radius 3 is 2.50 bits per heavy atom. The fraction of sp³-hybridized carbons (Fsp3) is 0.357. The molecule has 0 radical (unpaired) electrons. The van der Waals surface area contributed by atoms with E-state index in [0.29, 0.717) is 18.0 Å². The molecule has 1 aromatic rings. The van der Waals surface area contributed by atoms with E-state index in [9.17, 15) is 14.4 Å². The Bertz CT molecular complexity index is 564. The number of benzene rings is 1. The number of carbonyl (C=O) groups is 3. The SMILES string of the molecule is CC(=O)Nc1ccc(NC(=O)CC2CC2)c(C(=O)O)c1. The zero-order chi connectivity index (χ0) is 14.7. The van der Waals surface area contributed by atoms with Crippen LogP contribution in [-0.4, -0.2) is 22.9 Å². The van der Waals surface area contributed by atoms with Crippen molar-refractivity contribution < 1.29 is 19.5 Å². The molecule has 2 rings (SSSR count). The van der Waals surface area contributed by atoms with E-state index in [2.05, 4.69) is 10.6 Å². The van der Waals surface area contributed by atoms with Crippen LogP contribution < -0.4 is 10.6 Å². The molecule has 0 spiro atoms. The number of rotatable bonds is 5. The van der Waals surface area contributed by atoms with Gasteiger partial charge in [0.2, 0.25) is 11.8 Å². The highest BCUT2D eigenvalue weighted by atomic mass is 16.4. The molecule has 2 amide bonds. The molecule has 1 saturated carbocycles. The Morgan fingerprint density at radius 1 is 1.25 bits per heavy atom. The average molecular weight is 276 g/mol. The molecule has 0 saturated heterocycles. The number of hydrogen-bond donors (Lipinski definition) is 3. The van der Waals surface area contributed by atoms with Crippen molar-refractivity contribution in [1.82, 2.24) is 0 Å². The van der Waals surface area contributed by atoms with Crippen LogP contribution in [0.1, 0.15) is 36.5 Å². The van der Waals surface area contributed by atoms with Crippen LogP contribution in [0.3, 0.4) is 0 Å². The number of nitrogens with one attached hydrogen (secondary N) is 2. The maximum atomic E-state index is 11.7. The Labute approximate surface area is 116 Å². The van der Waals surface area contributed by atoms with E-state index in [1.54, 1.807) is 6.07 Å². The lowest BCUT2D eigenvalue weighted by molar-refractivity contribution is -0.116. The topological polar surface area (TPSA) is 95.5 Å². The molecule has 20 heavy (non-hydrogen) atoms. The number of anilines is 2. The first-order valence-electron chi connectivity index (χ1n) is 6.40. The van der Waals surface area contributed by atoms with Crippen LogP contribution in [0.4, 0.5) is 11.4 Å². The second-order valence-electron chi connectivity index (χ2n) is 4.94. The van der Waals surface area contributed by atoms with Crippen molar-refractivity contribution in [2.24, 2.45) is 5.92 Å². The zero-order valence-electron chi connectivity index (χ0n) is 11.1. The highest BCUT2D eigenvalue weighted by molar-refractivity contribution is 6.02. The summed E-state index contributed by atoms with van der Waals surface area (Å²) >= 11 is 0. The van der Waals surface area contributed by atoms with E-state index >= 15 is 0 Å². The second-order valence-corrected chi connectivity index (χ2v) is 4.94. The molecule has 1 aliphatic carbocycles. The van der Waals surface area contributed by atoms with Gasteiger partial charge in [0.05, 0.1) is 11.3 Å². The number of carboxylic acid groups (broad SMARTS) is 1. The molecular formula is C14H16N2O4. The lowest BCUT2D eigenvalue weighted by Gasteiger charge is -2.10. The largest absolute Gasteiger partial charge is 0.478 e. The third-order valence-corrected chi connectivity index (χ3v) is 3.02. The van der Waals surface area contributed by atoms with Crippen LogP contribution in [0.15, 0.2) is 18.2 Å². The molecule has 0 atom stereocenters. The number of carbonyl (C=O) groups excluding carboxylic acids is 2. The summed E-state index contributed by atoms with van der Waals surface area (Å²) < 4.78 is 0. The smallest absolute Gasteiger partial charge is 0.337 e. The molecule has 0 heterocycles. The average Bonchev–Trinajstić information content (AvgIpc) is 3.13. The van der Waals surface area contributed by atoms with Gasteiger partial charge in [-0.15, -0.1) is 0 Å². The van der Waals surface area contributed by atoms with Gasteiger partial charge in [0.25, 0.3) is 0 Å². The third-order valence-electron chi connectivity index (χ3n) is 3.02. The first-order valence-corrected chi connectivity index (χ1v) is 6.40. The van der Waals surface area contributed by atoms with Gasteiger partial charge in [0, 0.05) is 19.0 Å². The van der Waals surface area contributed by atoms with E-state index in [1.807, 2.05) is 0 Å². The predicted octanol–water partition coefficient (Wildman–Crippen LogP) is 2.08. The molecule has 106 valence electrons. The quantitative estimate of drug-likeness (QED) is 0.767. The summed E-state index contributed by atoms with van der Waals surface area (Å²) in [6, 6.07) is 4.37. The van der Waals surface area contributed by atoms with Gasteiger partial charge in [-0.2, -0.15) is 0 Å². The molecule has 0 aliphatic heterocycles. The summed E-state index contributed by atoms with van der Waals surface area (Å²) in [5.41, 5.74) is 0.591. The molecule has 1 aromatic carbocycles. The molecule has 3 N–H and O–H groups in total. The van der Waals surface area contributed by atoms with Crippen LogP contribution >= 0.6 is 0 Å². The van der Waals surface area contributed by atoms with Gasteiger partial charge in [-0.1, -0.05) is 0 Å². The summed E-state index contributed by atoms with van der Waals surface area (Å²) in [7, 11) is 0. The van der Waals surface area contributed by atoms with Gasteiger partial charge >= 0.3 is 5.97 Å². The molecular weight excluding hydrogens is 260 g/mol. The lowest BCUT2D eigenvalue weighted by atomic mass is 10.1. The zero-order valence-corrected chi connectivity index (χ0v) is 11.1. The molecule has 1 aliphatic rings. The Morgan fingerprint density at radius 2 is 1.95 bits per heavy atom. The minimum Gasteiger partial charge on any atom is -0.478 e. The second kappa shape index (κ2) is 5.73. The third kappa shape index (κ3) is 3.81. The minimum atomic E-state index is -1.15. The fourth-order valence-corrected chi connectivity index (χ4v) is 1.90. The van der Waals surface area contributed by atoms with Crippen molar-refractivity contribution in [2.75, 3.05) is 10.6 Å². The van der Waals surface area contributed by atoms with Crippen LogP contribution in [-0.2, 0) is 9.59 Å². The summed E-state index contributed by atoms with van der Waals surface area (Å²) in [4.78, 5) is 33.9. The monoisotopic (exact) mass is 276 g/mol. The molecule has 6 heteroatoms. The number of aromatic carboxylic acids is 1. The highest BCUT2D eigenvalue weighted by Crippen LogP contribution is 2.32. The van der Waals surface area contributed by atoms with Gasteiger partial charge in [-0.05, 0) is 37.0 Å². The fourth-order valence-electron chi connectivity index (χ4n) is 1.90. The van der Waals surface area contributed by atoms with Crippen molar-refractivity contribution in [2.45, 2.75) is 26.2 Å². The van der Waals surface area contributed by atoms with Gasteiger partial charge in [-0.25, -0.2) is 4.79 Å². The van der Waals surface area contributed by atoms with E-state index in [0.717, 1.165) is 12.8 Å². The Hall–Kier alpha value is -2.37. The van der Waals surface area contributed by atoms with Crippen molar-refractivity contribution in [3.05, 3.63) is 23.8 Å². The first-order chi connectivity index (χ1) is 9.45. The number of carboxylic acids is 1. The number of hydrogen-bond acceptors (Lipinski definition) is 3. The van der Waals surface area contributed by atoms with Crippen LogP contribution in [0.25, 0.3) is 0 Å². The predicted molar refractivity (Wildman–Crippen MR) is 73.7 cm³/mol. The van der Waals surface area contributed by atoms with E-state index < -0.39 is 5.97 Å². The Kier molecular flexibility index (Phi) is 4.02. The van der Waals surface area contributed by atoms with Crippen LogP contribution in [0, 0.1) is 5.92 Å². The first kappa shape index (κ1) is 14.0. The van der Waals surface area contributed by atoms with Crippen molar-refractivity contribution in [3.8, 4) is 0 Å². The maximum Gasteiger partial charge on any atom is 0.337 e. The summed E-state index contributed by atoms with van der Waals surface area (Å²) in [5.74, 6) is -1.19. The molecule has 1 fully saturated rings. The van der Waals surface area contributed by atoms with Crippen molar-refractivity contribution in [3.63, 3.8) is 0 Å². The molecule has 0 bridgehead atoms. The van der Waals surface area contributed by atoms with Crippen molar-refractivity contribution in [1.29, 1.82) is 0 Å². The standard InChI is InChI=1S/C14H16N2O4/c1-8(17)15-10-4-5-12(11(7-10)14(19)20)16-13(18)6-9-2-3-9/h4-5,7,9H,2-3,6H2,1H3,(H,15,17)(H,16,18)(H,19,20). The van der Waals surface area contributed by atoms with E-state index in [4.69, 9.17) is 5.11 Å².